The molecule has 1 aliphatic heterocycles. The number of ether oxygens (including phenoxy) is 2. The van der Waals surface area contributed by atoms with E-state index in [1.165, 1.54) is 19.2 Å². The van der Waals surface area contributed by atoms with Crippen LogP contribution in [0.3, 0.4) is 0 Å². The maximum atomic E-state index is 12.6. The van der Waals surface area contributed by atoms with Crippen LogP contribution in [0.5, 0.6) is 5.75 Å². The Balaban J connectivity index is 1.97. The van der Waals surface area contributed by atoms with Crippen molar-refractivity contribution in [1.29, 1.82) is 0 Å². The standard InChI is InChI=1S/C20H30N4O6/c1-20(2,3)30-19(26)21-12-14-7-5-6-10-23(14)13-18(25)22-16-9-8-15(29-4)11-17(16)24(27)28/h8-9,11,14H,5-7,10,12-13H2,1-4H3,(H,21,26)(H,22,25). The van der Waals surface area contributed by atoms with E-state index in [1.54, 1.807) is 26.8 Å². The van der Waals surface area contributed by atoms with Gasteiger partial charge in [-0.1, -0.05) is 6.42 Å². The molecule has 1 fully saturated rings. The molecule has 10 nitrogen and oxygen atoms in total. The van der Waals surface area contributed by atoms with Crippen LogP contribution in [0.4, 0.5) is 16.2 Å². The highest BCUT2D eigenvalue weighted by Gasteiger charge is 2.26. The molecule has 10 heteroatoms. The number of nitro groups is 1. The van der Waals surface area contributed by atoms with Gasteiger partial charge in [0.25, 0.3) is 5.69 Å². The smallest absolute Gasteiger partial charge is 0.407 e. The SMILES string of the molecule is COc1ccc(NC(=O)CN2CCCCC2CNC(=O)OC(C)(C)C)c([N+](=O)[O-])c1. The Hall–Kier alpha value is -2.88. The van der Waals surface area contributed by atoms with Crippen molar-refractivity contribution < 1.29 is 24.0 Å². The van der Waals surface area contributed by atoms with Crippen molar-refractivity contribution in [3.8, 4) is 5.75 Å². The van der Waals surface area contributed by atoms with Crippen LogP contribution in [-0.2, 0) is 9.53 Å². The first-order valence-electron chi connectivity index (χ1n) is 9.92. The number of rotatable bonds is 7. The molecule has 1 aromatic carbocycles. The van der Waals surface area contributed by atoms with Crippen LogP contribution in [0, 0.1) is 10.1 Å². The largest absolute Gasteiger partial charge is 0.496 e. The zero-order chi connectivity index (χ0) is 22.3. The molecular weight excluding hydrogens is 392 g/mol. The monoisotopic (exact) mass is 422 g/mol. The van der Waals surface area contributed by atoms with Gasteiger partial charge in [-0.2, -0.15) is 0 Å². The highest BCUT2D eigenvalue weighted by Crippen LogP contribution is 2.29. The number of anilines is 1. The molecule has 0 aliphatic carbocycles. The average Bonchev–Trinajstić information content (AvgIpc) is 2.66. The van der Waals surface area contributed by atoms with E-state index in [-0.39, 0.29) is 29.9 Å². The third kappa shape index (κ3) is 7.18. The molecule has 0 bridgehead atoms. The number of alkyl carbamates (subject to hydrolysis) is 1. The fraction of sp³-hybridized carbons (Fsp3) is 0.600. The van der Waals surface area contributed by atoms with Crippen LogP contribution >= 0.6 is 0 Å². The maximum absolute atomic E-state index is 12.6. The van der Waals surface area contributed by atoms with Gasteiger partial charge in [-0.25, -0.2) is 4.79 Å². The van der Waals surface area contributed by atoms with Gasteiger partial charge in [0.1, 0.15) is 17.0 Å². The predicted molar refractivity (Wildman–Crippen MR) is 112 cm³/mol. The number of nitro benzene ring substituents is 1. The number of likely N-dealkylation sites (tertiary alicyclic amines) is 1. The van der Waals surface area contributed by atoms with E-state index in [0.29, 0.717) is 18.8 Å². The summed E-state index contributed by atoms with van der Waals surface area (Å²) in [7, 11) is 1.42. The number of hydrogen-bond donors (Lipinski definition) is 2. The summed E-state index contributed by atoms with van der Waals surface area (Å²) in [5.74, 6) is -0.0172. The number of carbonyl (C=O) groups is 2. The van der Waals surface area contributed by atoms with Crippen LogP contribution < -0.4 is 15.4 Å². The lowest BCUT2D eigenvalue weighted by molar-refractivity contribution is -0.384. The van der Waals surface area contributed by atoms with Crippen molar-refractivity contribution in [2.75, 3.05) is 32.1 Å². The van der Waals surface area contributed by atoms with Gasteiger partial charge >= 0.3 is 6.09 Å². The minimum absolute atomic E-state index is 0.0112. The Morgan fingerprint density at radius 2 is 2.03 bits per heavy atom. The Bertz CT molecular complexity index is 777. The van der Waals surface area contributed by atoms with E-state index in [1.807, 2.05) is 4.90 Å². The molecule has 30 heavy (non-hydrogen) atoms. The van der Waals surface area contributed by atoms with Gasteiger partial charge in [-0.15, -0.1) is 0 Å². The lowest BCUT2D eigenvalue weighted by Crippen LogP contribution is -2.49. The predicted octanol–water partition coefficient (Wildman–Crippen LogP) is 2.92. The lowest BCUT2D eigenvalue weighted by Gasteiger charge is -2.35. The minimum atomic E-state index is -0.580. The summed E-state index contributed by atoms with van der Waals surface area (Å²) in [4.78, 5) is 37.2. The molecule has 1 unspecified atom stereocenters. The van der Waals surface area contributed by atoms with Crippen molar-refractivity contribution in [3.63, 3.8) is 0 Å². The van der Waals surface area contributed by atoms with Crippen LogP contribution in [0.25, 0.3) is 0 Å². The molecule has 0 saturated carbocycles. The molecule has 2 N–H and O–H groups in total. The fourth-order valence-electron chi connectivity index (χ4n) is 3.28. The molecule has 0 spiro atoms. The highest BCUT2D eigenvalue weighted by atomic mass is 16.6. The molecule has 2 amide bonds. The quantitative estimate of drug-likeness (QED) is 0.511. The molecule has 0 radical (unpaired) electrons. The number of hydrogen-bond acceptors (Lipinski definition) is 7. The molecule has 2 rings (SSSR count). The molecule has 0 aromatic heterocycles. The van der Waals surface area contributed by atoms with Crippen molar-refractivity contribution in [1.82, 2.24) is 10.2 Å². The van der Waals surface area contributed by atoms with E-state index in [4.69, 9.17) is 9.47 Å². The fourth-order valence-corrected chi connectivity index (χ4v) is 3.28. The molecule has 1 aliphatic rings. The second kappa shape index (κ2) is 10.2. The molecule has 1 aromatic rings. The summed E-state index contributed by atoms with van der Waals surface area (Å²) in [6.45, 7) is 6.53. The van der Waals surface area contributed by atoms with Crippen molar-refractivity contribution >= 4 is 23.4 Å². The van der Waals surface area contributed by atoms with Crippen molar-refractivity contribution in [2.24, 2.45) is 0 Å². The first-order valence-corrected chi connectivity index (χ1v) is 9.92. The van der Waals surface area contributed by atoms with Crippen molar-refractivity contribution in [3.05, 3.63) is 28.3 Å². The van der Waals surface area contributed by atoms with Gasteiger partial charge < -0.3 is 20.1 Å². The van der Waals surface area contributed by atoms with Crippen LogP contribution in [0.2, 0.25) is 0 Å². The van der Waals surface area contributed by atoms with Gasteiger partial charge in [-0.05, 0) is 52.3 Å². The number of nitrogens with one attached hydrogen (secondary N) is 2. The van der Waals surface area contributed by atoms with Crippen molar-refractivity contribution in [2.45, 2.75) is 51.7 Å². The van der Waals surface area contributed by atoms with Gasteiger partial charge in [0.15, 0.2) is 0 Å². The number of benzene rings is 1. The second-order valence-electron chi connectivity index (χ2n) is 8.19. The highest BCUT2D eigenvalue weighted by molar-refractivity contribution is 5.94. The van der Waals surface area contributed by atoms with E-state index in [0.717, 1.165) is 19.3 Å². The molecular formula is C20H30N4O6. The Morgan fingerprint density at radius 3 is 2.67 bits per heavy atom. The van der Waals surface area contributed by atoms with Gasteiger partial charge in [0, 0.05) is 12.6 Å². The summed E-state index contributed by atoms with van der Waals surface area (Å²) in [5, 5.41) is 16.7. The van der Waals surface area contributed by atoms with E-state index in [2.05, 4.69) is 10.6 Å². The summed E-state index contributed by atoms with van der Waals surface area (Å²) in [6, 6.07) is 4.26. The van der Waals surface area contributed by atoms with Gasteiger partial charge in [0.2, 0.25) is 5.91 Å². The maximum Gasteiger partial charge on any atom is 0.407 e. The molecule has 166 valence electrons. The van der Waals surface area contributed by atoms with E-state index >= 15 is 0 Å². The number of carbonyl (C=O) groups excluding carboxylic acids is 2. The zero-order valence-electron chi connectivity index (χ0n) is 17.9. The molecule has 1 heterocycles. The topological polar surface area (TPSA) is 123 Å². The third-order valence-electron chi connectivity index (χ3n) is 4.65. The summed E-state index contributed by atoms with van der Waals surface area (Å²) in [6.07, 6.45) is 2.29. The van der Waals surface area contributed by atoms with Gasteiger partial charge in [0.05, 0.1) is 24.6 Å². The summed E-state index contributed by atoms with van der Waals surface area (Å²) < 4.78 is 10.3. The van der Waals surface area contributed by atoms with Crippen LogP contribution in [0.15, 0.2) is 18.2 Å². The summed E-state index contributed by atoms with van der Waals surface area (Å²) >= 11 is 0. The lowest BCUT2D eigenvalue weighted by atomic mass is 10.0. The Kier molecular flexibility index (Phi) is 7.99. The molecule has 1 saturated heterocycles. The van der Waals surface area contributed by atoms with Crippen LogP contribution in [-0.4, -0.2) is 60.2 Å². The van der Waals surface area contributed by atoms with E-state index < -0.39 is 16.6 Å². The number of piperidine rings is 1. The second-order valence-corrected chi connectivity index (χ2v) is 8.19. The minimum Gasteiger partial charge on any atom is -0.496 e. The normalized spacial score (nSPS) is 17.1. The zero-order valence-corrected chi connectivity index (χ0v) is 17.9. The first kappa shape index (κ1) is 23.4. The van der Waals surface area contributed by atoms with E-state index in [9.17, 15) is 19.7 Å². The Labute approximate surface area is 176 Å². The Morgan fingerprint density at radius 1 is 1.30 bits per heavy atom. The number of methoxy groups -OCH3 is 1. The van der Waals surface area contributed by atoms with Gasteiger partial charge in [-0.3, -0.25) is 19.8 Å². The molecule has 1 atom stereocenters. The number of amides is 2. The summed E-state index contributed by atoms with van der Waals surface area (Å²) in [5.41, 5.74) is -0.695. The third-order valence-corrected chi connectivity index (χ3v) is 4.65. The number of nitrogens with zero attached hydrogens (tertiary/aromatic N) is 2. The average molecular weight is 422 g/mol. The van der Waals surface area contributed by atoms with Crippen LogP contribution in [0.1, 0.15) is 40.0 Å². The first-order chi connectivity index (χ1) is 14.1.